The first-order chi connectivity index (χ1) is 11.5. The summed E-state index contributed by atoms with van der Waals surface area (Å²) in [5.41, 5.74) is 5.46. The fourth-order valence-corrected chi connectivity index (χ4v) is 3.07. The maximum Gasteiger partial charge on any atom is 0.266 e. The minimum atomic E-state index is -1.13. The molecule has 0 bridgehead atoms. The smallest absolute Gasteiger partial charge is 0.266 e. The normalized spacial score (nSPS) is 26.5. The van der Waals surface area contributed by atoms with E-state index in [4.69, 9.17) is 10.3 Å². The van der Waals surface area contributed by atoms with Gasteiger partial charge in [-0.1, -0.05) is 0 Å². The molecule has 1 unspecified atom stereocenters. The third kappa shape index (κ3) is 4.01. The molecule has 10 heteroatoms. The Bertz CT molecular complexity index is 559. The van der Waals surface area contributed by atoms with Crippen molar-refractivity contribution in [3.8, 4) is 0 Å². The number of carbonyl (C=O) groups excluding carboxylic acids is 1. The first-order valence-corrected chi connectivity index (χ1v) is 8.27. The Morgan fingerprint density at radius 2 is 2.25 bits per heavy atom. The minimum Gasteiger partial charge on any atom is -0.392 e. The van der Waals surface area contributed by atoms with Crippen molar-refractivity contribution in [2.45, 2.75) is 50.1 Å². The molecule has 2 fully saturated rings. The molecule has 2 saturated heterocycles. The van der Waals surface area contributed by atoms with E-state index in [1.807, 2.05) is 4.90 Å². The molecule has 0 aliphatic carbocycles. The van der Waals surface area contributed by atoms with E-state index >= 15 is 0 Å². The Hall–Kier alpha value is -1.75. The van der Waals surface area contributed by atoms with Crippen LogP contribution in [0.15, 0.2) is 4.52 Å². The van der Waals surface area contributed by atoms with Crippen LogP contribution < -0.4 is 21.3 Å². The van der Waals surface area contributed by atoms with Crippen LogP contribution in [0.4, 0.5) is 5.95 Å². The van der Waals surface area contributed by atoms with Gasteiger partial charge in [0.25, 0.3) is 11.8 Å². The average Bonchev–Trinajstić information content (AvgIpc) is 3.26. The van der Waals surface area contributed by atoms with Crippen LogP contribution >= 0.6 is 0 Å². The fourth-order valence-electron chi connectivity index (χ4n) is 3.07. The van der Waals surface area contributed by atoms with Crippen molar-refractivity contribution in [3.63, 3.8) is 0 Å². The number of carbonyl (C=O) groups is 1. The number of hydrogen-bond donors (Lipinski definition) is 5. The molecule has 3 rings (SSSR count). The van der Waals surface area contributed by atoms with E-state index in [2.05, 4.69) is 20.8 Å². The van der Waals surface area contributed by atoms with Crippen LogP contribution in [0.3, 0.4) is 0 Å². The molecule has 0 spiro atoms. The monoisotopic (exact) mass is 340 g/mol. The number of nitrogens with zero attached hydrogens (tertiary/aromatic N) is 3. The zero-order valence-corrected chi connectivity index (χ0v) is 13.4. The minimum absolute atomic E-state index is 0.0582. The number of aliphatic hydroxyl groups is 2. The van der Waals surface area contributed by atoms with Gasteiger partial charge in [0.1, 0.15) is 12.3 Å². The maximum atomic E-state index is 12.3. The summed E-state index contributed by atoms with van der Waals surface area (Å²) in [5, 5.41) is 28.7. The quantitative estimate of drug-likeness (QED) is 0.379. The molecular formula is C14H24N6O4. The Kier molecular flexibility index (Phi) is 5.29. The maximum absolute atomic E-state index is 12.3. The van der Waals surface area contributed by atoms with Crippen molar-refractivity contribution in [3.05, 3.63) is 5.89 Å². The average molecular weight is 340 g/mol. The van der Waals surface area contributed by atoms with Gasteiger partial charge >= 0.3 is 0 Å². The first kappa shape index (κ1) is 17.1. The van der Waals surface area contributed by atoms with Crippen LogP contribution in [0, 0.1) is 0 Å². The van der Waals surface area contributed by atoms with E-state index in [9.17, 15) is 15.0 Å². The highest BCUT2D eigenvalue weighted by molar-refractivity contribution is 5.82. The first-order valence-electron chi connectivity index (χ1n) is 8.27. The predicted molar refractivity (Wildman–Crippen MR) is 83.9 cm³/mol. The van der Waals surface area contributed by atoms with Crippen molar-refractivity contribution >= 4 is 11.9 Å². The van der Waals surface area contributed by atoms with Gasteiger partial charge in [0, 0.05) is 26.1 Å². The molecule has 2 aliphatic rings. The summed E-state index contributed by atoms with van der Waals surface area (Å²) in [6.07, 6.45) is 0.904. The van der Waals surface area contributed by atoms with Gasteiger partial charge in [-0.25, -0.2) is 0 Å². The number of anilines is 1. The van der Waals surface area contributed by atoms with Gasteiger partial charge in [-0.2, -0.15) is 4.98 Å². The summed E-state index contributed by atoms with van der Waals surface area (Å²) < 4.78 is 5.27. The van der Waals surface area contributed by atoms with E-state index in [1.54, 1.807) is 0 Å². The van der Waals surface area contributed by atoms with Crippen molar-refractivity contribution in [2.24, 2.45) is 5.73 Å². The van der Waals surface area contributed by atoms with Gasteiger partial charge in [-0.3, -0.25) is 4.79 Å². The molecular weight excluding hydrogens is 316 g/mol. The van der Waals surface area contributed by atoms with Gasteiger partial charge in [0.2, 0.25) is 5.91 Å². The van der Waals surface area contributed by atoms with Crippen molar-refractivity contribution in [1.82, 2.24) is 20.8 Å². The number of nitrogens with two attached hydrogens (primary N) is 1. The number of hydrogen-bond acceptors (Lipinski definition) is 9. The Labute approximate surface area is 139 Å². The third-order valence-electron chi connectivity index (χ3n) is 4.34. The van der Waals surface area contributed by atoms with Crippen LogP contribution in [0.2, 0.25) is 0 Å². The van der Waals surface area contributed by atoms with Crippen LogP contribution in [0.5, 0.6) is 0 Å². The summed E-state index contributed by atoms with van der Waals surface area (Å²) in [4.78, 5) is 18.7. The Morgan fingerprint density at radius 1 is 1.50 bits per heavy atom. The van der Waals surface area contributed by atoms with E-state index in [0.717, 1.165) is 25.9 Å². The molecule has 3 heterocycles. The number of aromatic nitrogens is 2. The molecule has 2 aliphatic heterocycles. The van der Waals surface area contributed by atoms with Crippen molar-refractivity contribution in [2.75, 3.05) is 24.5 Å². The topological polar surface area (TPSA) is 150 Å². The lowest BCUT2D eigenvalue weighted by Crippen LogP contribution is -2.43. The number of nitrogens with one attached hydrogen (secondary N) is 2. The Morgan fingerprint density at radius 3 is 2.88 bits per heavy atom. The second kappa shape index (κ2) is 7.43. The summed E-state index contributed by atoms with van der Waals surface area (Å²) in [6.45, 7) is 2.13. The third-order valence-corrected chi connectivity index (χ3v) is 4.34. The number of rotatable bonds is 6. The Balaban J connectivity index is 1.68. The lowest BCUT2D eigenvalue weighted by atomic mass is 10.1. The zero-order valence-electron chi connectivity index (χ0n) is 13.4. The van der Waals surface area contributed by atoms with E-state index in [1.165, 1.54) is 0 Å². The molecule has 0 saturated carbocycles. The van der Waals surface area contributed by atoms with Crippen LogP contribution in [0.1, 0.15) is 37.6 Å². The zero-order chi connectivity index (χ0) is 17.1. The lowest BCUT2D eigenvalue weighted by molar-refractivity contribution is -0.124. The summed E-state index contributed by atoms with van der Waals surface area (Å²) >= 11 is 0. The second-order valence-corrected chi connectivity index (χ2v) is 6.34. The predicted octanol–water partition coefficient (Wildman–Crippen LogP) is -1.78. The summed E-state index contributed by atoms with van der Waals surface area (Å²) in [5.74, 6) is 0.411. The number of aliphatic hydroxyl groups excluding tert-OH is 2. The SMILES string of the molecule is NC(O)C[C@H](NC(=O)[C@@H]1C[C@H](O)CN1)c1nc(N2CCCC2)no1. The van der Waals surface area contributed by atoms with E-state index < -0.39 is 24.4 Å². The molecule has 0 radical (unpaired) electrons. The van der Waals surface area contributed by atoms with Crippen LogP contribution in [-0.2, 0) is 4.79 Å². The second-order valence-electron chi connectivity index (χ2n) is 6.34. The lowest BCUT2D eigenvalue weighted by Gasteiger charge is -2.19. The van der Waals surface area contributed by atoms with Crippen LogP contribution in [-0.4, -0.2) is 64.3 Å². The standard InChI is InChI=1S/C14H24N6O4/c15-11(22)6-10(17-12(23)9-5-8(21)7-16-9)13-18-14(19-24-13)20-3-1-2-4-20/h8-11,16,21-22H,1-7,15H2,(H,17,23)/t8-,9-,10-,11?/m0/s1. The summed E-state index contributed by atoms with van der Waals surface area (Å²) in [7, 11) is 0. The molecule has 24 heavy (non-hydrogen) atoms. The van der Waals surface area contributed by atoms with E-state index in [0.29, 0.717) is 18.9 Å². The molecule has 10 nitrogen and oxygen atoms in total. The molecule has 6 N–H and O–H groups in total. The number of amides is 1. The molecule has 1 aromatic rings. The highest BCUT2D eigenvalue weighted by Crippen LogP contribution is 2.22. The fraction of sp³-hybridized carbons (Fsp3) is 0.786. The molecule has 1 amide bonds. The molecule has 1 aromatic heterocycles. The van der Waals surface area contributed by atoms with E-state index in [-0.39, 0.29) is 18.2 Å². The van der Waals surface area contributed by atoms with Crippen molar-refractivity contribution < 1.29 is 19.5 Å². The summed E-state index contributed by atoms with van der Waals surface area (Å²) in [6, 6.07) is -1.17. The van der Waals surface area contributed by atoms with Crippen molar-refractivity contribution in [1.29, 1.82) is 0 Å². The largest absolute Gasteiger partial charge is 0.392 e. The number of β-amino-alcohol motifs (C(OH)–C–C–N with tert-alkyl or cyclic N) is 1. The van der Waals surface area contributed by atoms with Crippen LogP contribution in [0.25, 0.3) is 0 Å². The molecule has 4 atom stereocenters. The highest BCUT2D eigenvalue weighted by atomic mass is 16.5. The van der Waals surface area contributed by atoms with Gasteiger partial charge in [0.05, 0.1) is 12.1 Å². The van der Waals surface area contributed by atoms with Gasteiger partial charge in [-0.15, -0.1) is 0 Å². The molecule has 134 valence electrons. The van der Waals surface area contributed by atoms with Gasteiger partial charge < -0.3 is 36.0 Å². The molecule has 0 aromatic carbocycles. The van der Waals surface area contributed by atoms with Gasteiger partial charge in [0.15, 0.2) is 0 Å². The van der Waals surface area contributed by atoms with Gasteiger partial charge in [-0.05, 0) is 24.4 Å². The highest BCUT2D eigenvalue weighted by Gasteiger charge is 2.32.